The number of fused-ring (bicyclic) bond motifs is 1. The Morgan fingerprint density at radius 3 is 2.96 bits per heavy atom. The van der Waals surface area contributed by atoms with E-state index < -0.39 is 0 Å². The maximum atomic E-state index is 14.4. The summed E-state index contributed by atoms with van der Waals surface area (Å²) in [5, 5.41) is 3.22. The fourth-order valence-corrected chi connectivity index (χ4v) is 3.61. The van der Waals surface area contributed by atoms with E-state index >= 15 is 0 Å². The van der Waals surface area contributed by atoms with Crippen molar-refractivity contribution in [2.45, 2.75) is 32.6 Å². The van der Waals surface area contributed by atoms with Crippen LogP contribution >= 0.6 is 0 Å². The van der Waals surface area contributed by atoms with Crippen molar-refractivity contribution in [3.05, 3.63) is 72.2 Å². The van der Waals surface area contributed by atoms with Gasteiger partial charge in [-0.2, -0.15) is 0 Å². The van der Waals surface area contributed by atoms with Crippen LogP contribution < -0.4 is 11.1 Å². The van der Waals surface area contributed by atoms with Crippen molar-refractivity contribution < 1.29 is 4.39 Å². The second kappa shape index (κ2) is 11.8. The van der Waals surface area contributed by atoms with E-state index in [1.165, 1.54) is 5.57 Å². The van der Waals surface area contributed by atoms with Crippen LogP contribution in [0.25, 0.3) is 0 Å². The molecule has 0 bridgehead atoms. The van der Waals surface area contributed by atoms with Crippen molar-refractivity contribution >= 4 is 0 Å². The fraction of sp³-hybridized carbons (Fsp3) is 0.478. The van der Waals surface area contributed by atoms with Gasteiger partial charge in [0.1, 0.15) is 0 Å². The summed E-state index contributed by atoms with van der Waals surface area (Å²) in [6.07, 6.45) is 24.1. The number of halogens is 1. The summed E-state index contributed by atoms with van der Waals surface area (Å²) in [7, 11) is 0. The first-order chi connectivity index (χ1) is 12.7. The molecule has 0 aromatic heterocycles. The Bertz CT molecular complexity index is 595. The monoisotopic (exact) mass is 356 g/mol. The minimum Gasteiger partial charge on any atom is -0.330 e. The molecule has 0 heterocycles. The van der Waals surface area contributed by atoms with Gasteiger partial charge in [-0.1, -0.05) is 61.6 Å². The standard InChI is InChI=1S/C23H33FN2/c1-2-26-16-7-3-4-12-22(24)18-19(14-15-25)17-21-11-8-10-20-9-5-6-13-23(20)21/h3,5-11,13,18-19,21,23,26H,2,4,12,14-17,25H2,1H3/b7-3+,22-18-. The molecule has 0 aromatic rings. The van der Waals surface area contributed by atoms with Crippen LogP contribution in [0.4, 0.5) is 4.39 Å². The summed E-state index contributed by atoms with van der Waals surface area (Å²) in [6.45, 7) is 4.48. The average Bonchev–Trinajstić information content (AvgIpc) is 2.65. The number of nitrogens with one attached hydrogen (secondary N) is 1. The van der Waals surface area contributed by atoms with Crippen LogP contribution in [0.1, 0.15) is 32.6 Å². The lowest BCUT2D eigenvalue weighted by molar-refractivity contribution is 0.404. The van der Waals surface area contributed by atoms with Crippen LogP contribution in [-0.2, 0) is 0 Å². The lowest BCUT2D eigenvalue weighted by atomic mass is 9.75. The third-order valence-electron chi connectivity index (χ3n) is 4.97. The summed E-state index contributed by atoms with van der Waals surface area (Å²) in [5.74, 6) is 1.01. The van der Waals surface area contributed by atoms with Gasteiger partial charge in [0.15, 0.2) is 0 Å². The molecule has 2 rings (SSSR count). The Balaban J connectivity index is 1.88. The molecule has 0 aliphatic heterocycles. The van der Waals surface area contributed by atoms with E-state index in [0.717, 1.165) is 32.4 Å². The zero-order valence-corrected chi connectivity index (χ0v) is 15.9. The number of rotatable bonds is 11. The zero-order valence-electron chi connectivity index (χ0n) is 15.9. The first kappa shape index (κ1) is 20.6. The predicted molar refractivity (Wildman–Crippen MR) is 110 cm³/mol. The lowest BCUT2D eigenvalue weighted by Gasteiger charge is -2.29. The molecule has 0 amide bonds. The molecule has 3 unspecified atom stereocenters. The zero-order chi connectivity index (χ0) is 18.6. The van der Waals surface area contributed by atoms with Crippen LogP contribution in [-0.4, -0.2) is 19.6 Å². The van der Waals surface area contributed by atoms with E-state index in [-0.39, 0.29) is 11.7 Å². The third kappa shape index (κ3) is 6.89. The molecule has 2 nitrogen and oxygen atoms in total. The second-order valence-corrected chi connectivity index (χ2v) is 6.99. The predicted octanol–water partition coefficient (Wildman–Crippen LogP) is 5.00. The van der Waals surface area contributed by atoms with Gasteiger partial charge in [0, 0.05) is 18.9 Å². The molecular weight excluding hydrogens is 323 g/mol. The highest BCUT2D eigenvalue weighted by Gasteiger charge is 2.25. The SMILES string of the molecule is CCNC/C=C/CC/C(F)=C/C(CCN)CC1C=CC=C2C=CC=CC21. The first-order valence-corrected chi connectivity index (χ1v) is 9.89. The molecule has 0 fully saturated rings. The highest BCUT2D eigenvalue weighted by molar-refractivity contribution is 5.39. The molecular formula is C23H33FN2. The summed E-state index contributed by atoms with van der Waals surface area (Å²) < 4.78 is 14.4. The summed E-state index contributed by atoms with van der Waals surface area (Å²) in [5.41, 5.74) is 7.13. The van der Waals surface area contributed by atoms with Crippen molar-refractivity contribution in [3.8, 4) is 0 Å². The Kier molecular flexibility index (Phi) is 9.36. The summed E-state index contributed by atoms with van der Waals surface area (Å²) in [6, 6.07) is 0. The molecule has 0 saturated heterocycles. The van der Waals surface area contributed by atoms with E-state index in [0.29, 0.717) is 24.8 Å². The Hall–Kier alpha value is -1.71. The molecule has 0 spiro atoms. The van der Waals surface area contributed by atoms with Gasteiger partial charge in [0.25, 0.3) is 0 Å². The highest BCUT2D eigenvalue weighted by Crippen LogP contribution is 2.36. The van der Waals surface area contributed by atoms with Crippen molar-refractivity contribution in [1.29, 1.82) is 0 Å². The van der Waals surface area contributed by atoms with E-state index in [2.05, 4.69) is 60.8 Å². The van der Waals surface area contributed by atoms with Crippen LogP contribution in [0, 0.1) is 17.8 Å². The van der Waals surface area contributed by atoms with Gasteiger partial charge < -0.3 is 11.1 Å². The molecule has 26 heavy (non-hydrogen) atoms. The molecule has 0 aromatic carbocycles. The quantitative estimate of drug-likeness (QED) is 0.404. The van der Waals surface area contributed by atoms with E-state index in [4.69, 9.17) is 5.73 Å². The minimum atomic E-state index is -0.00816. The molecule has 3 heteroatoms. The van der Waals surface area contributed by atoms with Gasteiger partial charge in [0.2, 0.25) is 0 Å². The molecule has 2 aliphatic carbocycles. The number of nitrogens with two attached hydrogens (primary N) is 1. The molecule has 0 radical (unpaired) electrons. The number of allylic oxidation sites excluding steroid dienone is 11. The molecule has 3 N–H and O–H groups in total. The van der Waals surface area contributed by atoms with Crippen LogP contribution in [0.5, 0.6) is 0 Å². The maximum absolute atomic E-state index is 14.4. The van der Waals surface area contributed by atoms with Gasteiger partial charge in [-0.05, 0) is 55.8 Å². The average molecular weight is 357 g/mol. The van der Waals surface area contributed by atoms with Crippen LogP contribution in [0.15, 0.2) is 72.2 Å². The lowest BCUT2D eigenvalue weighted by Crippen LogP contribution is -2.20. The number of hydrogen-bond acceptors (Lipinski definition) is 2. The summed E-state index contributed by atoms with van der Waals surface area (Å²) >= 11 is 0. The van der Waals surface area contributed by atoms with Crippen molar-refractivity contribution in [1.82, 2.24) is 5.32 Å². The van der Waals surface area contributed by atoms with Crippen molar-refractivity contribution in [2.75, 3.05) is 19.6 Å². The second-order valence-electron chi connectivity index (χ2n) is 6.99. The molecule has 3 atom stereocenters. The Morgan fingerprint density at radius 2 is 2.15 bits per heavy atom. The van der Waals surface area contributed by atoms with Gasteiger partial charge in [-0.15, -0.1) is 0 Å². The smallest absolute Gasteiger partial charge is 0.0965 e. The Labute approximate surface area is 158 Å². The largest absolute Gasteiger partial charge is 0.330 e. The normalized spacial score (nSPS) is 23.3. The molecule has 2 aliphatic rings. The van der Waals surface area contributed by atoms with Crippen molar-refractivity contribution in [3.63, 3.8) is 0 Å². The van der Waals surface area contributed by atoms with Crippen molar-refractivity contribution in [2.24, 2.45) is 23.5 Å². The van der Waals surface area contributed by atoms with Crippen LogP contribution in [0.2, 0.25) is 0 Å². The highest BCUT2D eigenvalue weighted by atomic mass is 19.1. The van der Waals surface area contributed by atoms with Crippen LogP contribution in [0.3, 0.4) is 0 Å². The van der Waals surface area contributed by atoms with Gasteiger partial charge >= 0.3 is 0 Å². The Morgan fingerprint density at radius 1 is 1.27 bits per heavy atom. The van der Waals surface area contributed by atoms with E-state index in [1.807, 2.05) is 12.2 Å². The third-order valence-corrected chi connectivity index (χ3v) is 4.97. The molecule has 0 saturated carbocycles. The van der Waals surface area contributed by atoms with E-state index in [9.17, 15) is 4.39 Å². The maximum Gasteiger partial charge on any atom is 0.0965 e. The minimum absolute atomic E-state index is 0.00816. The van der Waals surface area contributed by atoms with Gasteiger partial charge in [-0.25, -0.2) is 4.39 Å². The summed E-state index contributed by atoms with van der Waals surface area (Å²) in [4.78, 5) is 0. The van der Waals surface area contributed by atoms with Gasteiger partial charge in [-0.3, -0.25) is 0 Å². The fourth-order valence-electron chi connectivity index (χ4n) is 3.61. The molecule has 142 valence electrons. The topological polar surface area (TPSA) is 38.0 Å². The number of likely N-dealkylation sites (N-methyl/N-ethyl adjacent to an activating group) is 1. The number of hydrogen-bond donors (Lipinski definition) is 2. The van der Waals surface area contributed by atoms with Gasteiger partial charge in [0.05, 0.1) is 5.83 Å². The van der Waals surface area contributed by atoms with E-state index in [1.54, 1.807) is 0 Å². The first-order valence-electron chi connectivity index (χ1n) is 9.89.